The van der Waals surface area contributed by atoms with Crippen molar-refractivity contribution in [2.45, 2.75) is 39.3 Å². The minimum atomic E-state index is -0.971. The van der Waals surface area contributed by atoms with Crippen LogP contribution in [0.4, 0.5) is 8.78 Å². The molecular weight excluding hydrogens is 248 g/mol. The van der Waals surface area contributed by atoms with Crippen molar-refractivity contribution in [2.24, 2.45) is 5.92 Å². The molecule has 1 heterocycles. The number of ketones is 1. The lowest BCUT2D eigenvalue weighted by atomic mass is 10.0. The monoisotopic (exact) mass is 267 g/mol. The second-order valence-electron chi connectivity index (χ2n) is 5.56. The number of carbonyl (C=O) groups is 1. The largest absolute Gasteiger partial charge is 0.292 e. The minimum absolute atomic E-state index is 0.153. The van der Waals surface area contributed by atoms with E-state index in [1.54, 1.807) is 0 Å². The third-order valence-corrected chi connectivity index (χ3v) is 3.91. The molecule has 0 amide bonds. The molecule has 3 atom stereocenters. The van der Waals surface area contributed by atoms with E-state index in [-0.39, 0.29) is 17.4 Å². The summed E-state index contributed by atoms with van der Waals surface area (Å²) < 4.78 is 26.1. The topological polar surface area (TPSA) is 20.3 Å². The molecule has 2 rings (SSSR count). The van der Waals surface area contributed by atoms with Crippen LogP contribution in [0.1, 0.15) is 37.6 Å². The van der Waals surface area contributed by atoms with Gasteiger partial charge in [-0.25, -0.2) is 8.78 Å². The van der Waals surface area contributed by atoms with Crippen LogP contribution in [0.25, 0.3) is 0 Å². The lowest BCUT2D eigenvalue weighted by molar-refractivity contribution is 0.0826. The molecule has 1 saturated heterocycles. The number of hydrogen-bond acceptors (Lipinski definition) is 2. The Kier molecular flexibility index (Phi) is 3.99. The van der Waals surface area contributed by atoms with Crippen LogP contribution in [-0.2, 0) is 0 Å². The molecule has 1 aliphatic rings. The van der Waals surface area contributed by atoms with Gasteiger partial charge in [-0.05, 0) is 44.4 Å². The Morgan fingerprint density at radius 2 is 2.00 bits per heavy atom. The quantitative estimate of drug-likeness (QED) is 0.783. The van der Waals surface area contributed by atoms with Crippen molar-refractivity contribution in [2.75, 3.05) is 6.54 Å². The van der Waals surface area contributed by atoms with Crippen LogP contribution < -0.4 is 0 Å². The van der Waals surface area contributed by atoms with Gasteiger partial charge in [0.05, 0.1) is 6.04 Å². The molecule has 0 bridgehead atoms. The summed E-state index contributed by atoms with van der Waals surface area (Å²) in [5.41, 5.74) is 0.234. The van der Waals surface area contributed by atoms with E-state index in [1.165, 1.54) is 6.07 Å². The highest BCUT2D eigenvalue weighted by atomic mass is 19.2. The van der Waals surface area contributed by atoms with Crippen LogP contribution in [-0.4, -0.2) is 29.3 Å². The van der Waals surface area contributed by atoms with Crippen molar-refractivity contribution < 1.29 is 13.6 Å². The molecule has 0 saturated carbocycles. The van der Waals surface area contributed by atoms with Gasteiger partial charge in [-0.1, -0.05) is 6.92 Å². The molecule has 2 nitrogen and oxygen atoms in total. The molecule has 1 fully saturated rings. The lowest BCUT2D eigenvalue weighted by Crippen LogP contribution is -2.41. The number of Topliss-reactive ketones (excluding diaryl/α,β-unsaturated/α-hetero) is 1. The number of rotatable bonds is 3. The third kappa shape index (κ3) is 2.84. The first-order valence-electron chi connectivity index (χ1n) is 6.65. The standard InChI is InChI=1S/C15H19F2NO/c1-9-6-10(2)18(8-9)11(3)15(19)12-4-5-13(16)14(17)7-12/h4-5,7,9-11H,6,8H2,1-3H3. The second kappa shape index (κ2) is 5.37. The van der Waals surface area contributed by atoms with Gasteiger partial charge in [0.15, 0.2) is 17.4 Å². The Hall–Kier alpha value is -1.29. The fourth-order valence-electron chi connectivity index (χ4n) is 2.91. The number of carbonyl (C=O) groups excluding carboxylic acids is 1. The summed E-state index contributed by atoms with van der Waals surface area (Å²) in [7, 11) is 0. The van der Waals surface area contributed by atoms with Crippen molar-refractivity contribution in [3.05, 3.63) is 35.4 Å². The predicted octanol–water partition coefficient (Wildman–Crippen LogP) is 3.27. The average molecular weight is 267 g/mol. The van der Waals surface area contributed by atoms with E-state index in [0.717, 1.165) is 25.1 Å². The zero-order chi connectivity index (χ0) is 14.2. The number of benzene rings is 1. The third-order valence-electron chi connectivity index (χ3n) is 3.91. The zero-order valence-electron chi connectivity index (χ0n) is 11.5. The SMILES string of the molecule is CC1CC(C)N(C(C)C(=O)c2ccc(F)c(F)c2)C1. The van der Waals surface area contributed by atoms with E-state index in [0.29, 0.717) is 12.0 Å². The van der Waals surface area contributed by atoms with Gasteiger partial charge >= 0.3 is 0 Å². The van der Waals surface area contributed by atoms with Crippen molar-refractivity contribution in [1.29, 1.82) is 0 Å². The van der Waals surface area contributed by atoms with Crippen LogP contribution in [0.2, 0.25) is 0 Å². The molecule has 0 spiro atoms. The summed E-state index contributed by atoms with van der Waals surface area (Å²) in [6, 6.07) is 3.38. The van der Waals surface area contributed by atoms with E-state index in [9.17, 15) is 13.6 Å². The van der Waals surface area contributed by atoms with Gasteiger partial charge in [0.2, 0.25) is 0 Å². The smallest absolute Gasteiger partial charge is 0.179 e. The molecule has 1 aromatic carbocycles. The highest BCUT2D eigenvalue weighted by molar-refractivity contribution is 5.99. The first-order valence-corrected chi connectivity index (χ1v) is 6.65. The highest BCUT2D eigenvalue weighted by Gasteiger charge is 2.33. The molecule has 0 aliphatic carbocycles. The van der Waals surface area contributed by atoms with Crippen molar-refractivity contribution >= 4 is 5.78 Å². The molecule has 3 unspecified atom stereocenters. The maximum atomic E-state index is 13.2. The van der Waals surface area contributed by atoms with Gasteiger partial charge in [-0.15, -0.1) is 0 Å². The minimum Gasteiger partial charge on any atom is -0.292 e. The molecule has 1 aromatic rings. The van der Waals surface area contributed by atoms with Crippen LogP contribution in [0.5, 0.6) is 0 Å². The van der Waals surface area contributed by atoms with Gasteiger partial charge in [0, 0.05) is 18.2 Å². The lowest BCUT2D eigenvalue weighted by Gasteiger charge is -2.27. The van der Waals surface area contributed by atoms with Crippen molar-refractivity contribution in [3.63, 3.8) is 0 Å². The van der Waals surface area contributed by atoms with E-state index in [1.807, 2.05) is 6.92 Å². The summed E-state index contributed by atoms with van der Waals surface area (Å²) in [6.07, 6.45) is 1.06. The molecule has 0 aromatic heterocycles. The molecular formula is C15H19F2NO. The van der Waals surface area contributed by atoms with E-state index in [4.69, 9.17) is 0 Å². The average Bonchev–Trinajstić information content (AvgIpc) is 2.70. The number of hydrogen-bond donors (Lipinski definition) is 0. The van der Waals surface area contributed by atoms with E-state index >= 15 is 0 Å². The molecule has 1 aliphatic heterocycles. The Morgan fingerprint density at radius 3 is 2.53 bits per heavy atom. The first kappa shape index (κ1) is 14.1. The van der Waals surface area contributed by atoms with Crippen LogP contribution in [0.15, 0.2) is 18.2 Å². The molecule has 4 heteroatoms. The summed E-state index contributed by atoms with van der Waals surface area (Å²) >= 11 is 0. The number of nitrogens with zero attached hydrogens (tertiary/aromatic N) is 1. The molecule has 104 valence electrons. The number of halogens is 2. The van der Waals surface area contributed by atoms with Crippen LogP contribution in [0, 0.1) is 17.6 Å². The normalized spacial score (nSPS) is 25.5. The summed E-state index contributed by atoms with van der Waals surface area (Å²) in [6.45, 7) is 6.96. The molecule has 0 N–H and O–H groups in total. The number of likely N-dealkylation sites (tertiary alicyclic amines) is 1. The Labute approximate surface area is 112 Å². The Bertz CT molecular complexity index is 489. The van der Waals surface area contributed by atoms with Crippen molar-refractivity contribution in [1.82, 2.24) is 4.90 Å². The summed E-state index contributed by atoms with van der Waals surface area (Å²) in [5, 5.41) is 0. The highest BCUT2D eigenvalue weighted by Crippen LogP contribution is 2.26. The van der Waals surface area contributed by atoms with E-state index in [2.05, 4.69) is 18.7 Å². The Balaban J connectivity index is 2.17. The van der Waals surface area contributed by atoms with Gasteiger partial charge in [0.25, 0.3) is 0 Å². The maximum absolute atomic E-state index is 13.2. The first-order chi connectivity index (χ1) is 8.90. The van der Waals surface area contributed by atoms with Gasteiger partial charge in [-0.3, -0.25) is 9.69 Å². The molecule has 0 radical (unpaired) electrons. The second-order valence-corrected chi connectivity index (χ2v) is 5.56. The maximum Gasteiger partial charge on any atom is 0.179 e. The van der Waals surface area contributed by atoms with E-state index < -0.39 is 11.6 Å². The fourth-order valence-corrected chi connectivity index (χ4v) is 2.91. The van der Waals surface area contributed by atoms with Gasteiger partial charge < -0.3 is 0 Å². The van der Waals surface area contributed by atoms with Gasteiger partial charge in [0.1, 0.15) is 0 Å². The van der Waals surface area contributed by atoms with Gasteiger partial charge in [-0.2, -0.15) is 0 Å². The predicted molar refractivity (Wildman–Crippen MR) is 70.1 cm³/mol. The molecule has 19 heavy (non-hydrogen) atoms. The van der Waals surface area contributed by atoms with Crippen LogP contribution >= 0.6 is 0 Å². The van der Waals surface area contributed by atoms with Crippen molar-refractivity contribution in [3.8, 4) is 0 Å². The van der Waals surface area contributed by atoms with Crippen LogP contribution in [0.3, 0.4) is 0 Å². The fraction of sp³-hybridized carbons (Fsp3) is 0.533. The zero-order valence-corrected chi connectivity index (χ0v) is 11.5. The summed E-state index contributed by atoms with van der Waals surface area (Å²) in [5.74, 6) is -1.48. The summed E-state index contributed by atoms with van der Waals surface area (Å²) in [4.78, 5) is 14.4. The Morgan fingerprint density at radius 1 is 1.32 bits per heavy atom.